The predicted octanol–water partition coefficient (Wildman–Crippen LogP) is 2.61. The third-order valence-electron chi connectivity index (χ3n) is 3.45. The van der Waals surface area contributed by atoms with Crippen LogP contribution in [0.25, 0.3) is 11.1 Å². The number of hydrogen-bond donors (Lipinski definition) is 2. The molecule has 3 rings (SSSR count). The summed E-state index contributed by atoms with van der Waals surface area (Å²) in [6.45, 7) is 0. The van der Waals surface area contributed by atoms with Crippen LogP contribution in [0, 0.1) is 0 Å². The van der Waals surface area contributed by atoms with Crippen LogP contribution in [0.4, 0.5) is 5.69 Å². The monoisotopic (exact) mass is 288 g/mol. The first-order chi connectivity index (χ1) is 9.56. The number of nitrogens with zero attached hydrogens (tertiary/aromatic N) is 1. The van der Waals surface area contributed by atoms with E-state index in [2.05, 4.69) is 0 Å². The summed E-state index contributed by atoms with van der Waals surface area (Å²) in [5.74, 6) is -0.475. The highest BCUT2D eigenvalue weighted by Crippen LogP contribution is 2.31. The molecule has 3 N–H and O–H groups in total. The number of carbonyl (C=O) groups excluding carboxylic acids is 1. The highest BCUT2D eigenvalue weighted by atomic mass is 35.5. The Kier molecular flexibility index (Phi) is 3.22. The molecule has 2 aromatic rings. The van der Waals surface area contributed by atoms with E-state index in [9.17, 15) is 10.0 Å². The summed E-state index contributed by atoms with van der Waals surface area (Å²) in [4.78, 5) is 11.6. The van der Waals surface area contributed by atoms with E-state index in [0.717, 1.165) is 16.7 Å². The highest BCUT2D eigenvalue weighted by molar-refractivity contribution is 6.30. The second-order valence-electron chi connectivity index (χ2n) is 4.81. The van der Waals surface area contributed by atoms with E-state index in [-0.39, 0.29) is 0 Å². The van der Waals surface area contributed by atoms with E-state index >= 15 is 0 Å². The number of halogens is 1. The number of benzene rings is 2. The zero-order chi connectivity index (χ0) is 14.3. The molecule has 0 aromatic heterocycles. The summed E-state index contributed by atoms with van der Waals surface area (Å²) in [6, 6.07) is 12.3. The van der Waals surface area contributed by atoms with Gasteiger partial charge in [0.2, 0.25) is 0 Å². The highest BCUT2D eigenvalue weighted by Gasteiger charge is 2.29. The van der Waals surface area contributed by atoms with Crippen LogP contribution in [0.15, 0.2) is 42.5 Å². The van der Waals surface area contributed by atoms with Crippen molar-refractivity contribution >= 4 is 23.2 Å². The molecule has 1 atom stereocenters. The van der Waals surface area contributed by atoms with E-state index in [4.69, 9.17) is 17.3 Å². The molecule has 5 heteroatoms. The lowest BCUT2D eigenvalue weighted by atomic mass is 9.95. The summed E-state index contributed by atoms with van der Waals surface area (Å²) in [6.07, 6.45) is 0.423. The largest absolute Gasteiger partial charge is 0.320 e. The fourth-order valence-electron chi connectivity index (χ4n) is 2.38. The Bertz CT molecular complexity index is 670. The lowest BCUT2D eigenvalue weighted by Gasteiger charge is -2.28. The van der Waals surface area contributed by atoms with Gasteiger partial charge in [-0.2, -0.15) is 5.06 Å². The predicted molar refractivity (Wildman–Crippen MR) is 77.8 cm³/mol. The SMILES string of the molecule is N[C@H]1Cc2cc(-c3ccc(Cl)cc3)ccc2N(O)C1=O. The minimum Gasteiger partial charge on any atom is -0.320 e. The number of nitrogens with two attached hydrogens (primary N) is 1. The van der Waals surface area contributed by atoms with Gasteiger partial charge in [-0.25, -0.2) is 0 Å². The Hall–Kier alpha value is -1.88. The van der Waals surface area contributed by atoms with Crippen LogP contribution < -0.4 is 10.8 Å². The number of anilines is 1. The zero-order valence-electron chi connectivity index (χ0n) is 10.6. The van der Waals surface area contributed by atoms with Crippen molar-refractivity contribution in [2.24, 2.45) is 5.73 Å². The fourth-order valence-corrected chi connectivity index (χ4v) is 2.50. The molecule has 0 aliphatic carbocycles. The van der Waals surface area contributed by atoms with Gasteiger partial charge >= 0.3 is 0 Å². The maximum Gasteiger partial charge on any atom is 0.267 e. The maximum absolute atomic E-state index is 11.6. The molecular formula is C15H13ClN2O2. The zero-order valence-corrected chi connectivity index (χ0v) is 11.3. The lowest BCUT2D eigenvalue weighted by molar-refractivity contribution is -0.125. The molecule has 1 heterocycles. The minimum atomic E-state index is -0.701. The first kappa shape index (κ1) is 13.1. The summed E-state index contributed by atoms with van der Waals surface area (Å²) in [5.41, 5.74) is 9.09. The van der Waals surface area contributed by atoms with Crippen molar-refractivity contribution < 1.29 is 10.0 Å². The quantitative estimate of drug-likeness (QED) is 0.793. The van der Waals surface area contributed by atoms with Crippen molar-refractivity contribution in [3.63, 3.8) is 0 Å². The summed E-state index contributed by atoms with van der Waals surface area (Å²) in [5, 5.41) is 11.1. The van der Waals surface area contributed by atoms with Crippen molar-refractivity contribution in [2.75, 3.05) is 5.06 Å². The molecule has 102 valence electrons. The van der Waals surface area contributed by atoms with Crippen LogP contribution in [-0.4, -0.2) is 17.2 Å². The van der Waals surface area contributed by atoms with Crippen LogP contribution in [0.2, 0.25) is 5.02 Å². The number of hydroxylamine groups is 1. The number of amides is 1. The van der Waals surface area contributed by atoms with Gasteiger partial charge < -0.3 is 5.73 Å². The molecule has 0 bridgehead atoms. The average Bonchev–Trinajstić information content (AvgIpc) is 2.45. The minimum absolute atomic E-state index is 0.423. The molecule has 4 nitrogen and oxygen atoms in total. The number of carbonyl (C=O) groups is 1. The number of hydrogen-bond acceptors (Lipinski definition) is 3. The topological polar surface area (TPSA) is 66.6 Å². The summed E-state index contributed by atoms with van der Waals surface area (Å²) in [7, 11) is 0. The van der Waals surface area contributed by atoms with E-state index in [1.54, 1.807) is 6.07 Å². The molecule has 0 unspecified atom stereocenters. The van der Waals surface area contributed by atoms with Gasteiger partial charge in [-0.05, 0) is 47.4 Å². The first-order valence-corrected chi connectivity index (χ1v) is 6.61. The molecule has 0 saturated carbocycles. The van der Waals surface area contributed by atoms with Crippen LogP contribution >= 0.6 is 11.6 Å². The van der Waals surface area contributed by atoms with Crippen LogP contribution in [-0.2, 0) is 11.2 Å². The van der Waals surface area contributed by atoms with E-state index in [0.29, 0.717) is 22.2 Å². The second kappa shape index (κ2) is 4.90. The molecule has 0 saturated heterocycles. The van der Waals surface area contributed by atoms with Crippen molar-refractivity contribution in [2.45, 2.75) is 12.5 Å². The molecule has 2 aromatic carbocycles. The van der Waals surface area contributed by atoms with Crippen molar-refractivity contribution in [1.82, 2.24) is 0 Å². The Labute approximate surface area is 121 Å². The molecule has 1 aliphatic heterocycles. The van der Waals surface area contributed by atoms with Gasteiger partial charge in [0.05, 0.1) is 11.7 Å². The molecule has 1 aliphatic rings. The van der Waals surface area contributed by atoms with Gasteiger partial charge in [-0.15, -0.1) is 0 Å². The molecular weight excluding hydrogens is 276 g/mol. The second-order valence-corrected chi connectivity index (χ2v) is 5.25. The fraction of sp³-hybridized carbons (Fsp3) is 0.133. The Balaban J connectivity index is 2.03. The van der Waals surface area contributed by atoms with Gasteiger partial charge in [0, 0.05) is 5.02 Å². The smallest absolute Gasteiger partial charge is 0.267 e. The molecule has 20 heavy (non-hydrogen) atoms. The van der Waals surface area contributed by atoms with Crippen molar-refractivity contribution in [1.29, 1.82) is 0 Å². The third-order valence-corrected chi connectivity index (χ3v) is 3.70. The Morgan fingerprint density at radius 3 is 2.50 bits per heavy atom. The normalized spacial score (nSPS) is 18.1. The van der Waals surface area contributed by atoms with Crippen LogP contribution in [0.1, 0.15) is 5.56 Å². The van der Waals surface area contributed by atoms with Crippen LogP contribution in [0.5, 0.6) is 0 Å². The van der Waals surface area contributed by atoms with Crippen molar-refractivity contribution in [3.05, 3.63) is 53.1 Å². The number of fused-ring (bicyclic) bond motifs is 1. The molecule has 1 amide bonds. The van der Waals surface area contributed by atoms with Gasteiger partial charge in [0.25, 0.3) is 5.91 Å². The van der Waals surface area contributed by atoms with Gasteiger partial charge in [0.1, 0.15) is 0 Å². The van der Waals surface area contributed by atoms with E-state index < -0.39 is 11.9 Å². The Morgan fingerprint density at radius 2 is 1.80 bits per heavy atom. The summed E-state index contributed by atoms with van der Waals surface area (Å²) >= 11 is 5.88. The first-order valence-electron chi connectivity index (χ1n) is 6.23. The van der Waals surface area contributed by atoms with Crippen molar-refractivity contribution in [3.8, 4) is 11.1 Å². The van der Waals surface area contributed by atoms with Gasteiger partial charge in [0.15, 0.2) is 0 Å². The van der Waals surface area contributed by atoms with Gasteiger partial charge in [-0.3, -0.25) is 10.0 Å². The maximum atomic E-state index is 11.6. The molecule has 0 spiro atoms. The van der Waals surface area contributed by atoms with E-state index in [1.165, 1.54) is 0 Å². The molecule has 0 radical (unpaired) electrons. The number of rotatable bonds is 1. The molecule has 0 fully saturated rings. The van der Waals surface area contributed by atoms with E-state index in [1.807, 2.05) is 36.4 Å². The average molecular weight is 289 g/mol. The third kappa shape index (κ3) is 2.18. The summed E-state index contributed by atoms with van der Waals surface area (Å²) < 4.78 is 0. The Morgan fingerprint density at radius 1 is 1.15 bits per heavy atom. The van der Waals surface area contributed by atoms with Gasteiger partial charge in [-0.1, -0.05) is 29.8 Å². The van der Waals surface area contributed by atoms with Crippen LogP contribution in [0.3, 0.4) is 0 Å². The standard InChI is InChI=1S/C15H13ClN2O2/c16-12-4-1-9(2-5-12)10-3-6-14-11(7-10)8-13(17)15(19)18(14)20/h1-7,13,20H,8,17H2/t13-/m0/s1. The lowest BCUT2D eigenvalue weighted by Crippen LogP contribution is -2.47.